The molecule has 4 saturated heterocycles. The fourth-order valence-corrected chi connectivity index (χ4v) is 11.5. The lowest BCUT2D eigenvalue weighted by Gasteiger charge is -2.61. The van der Waals surface area contributed by atoms with E-state index in [0.717, 1.165) is 12.8 Å². The number of aliphatic hydroxyl groups is 1. The normalized spacial score (nSPS) is 48.8. The summed E-state index contributed by atoms with van der Waals surface area (Å²) < 4.78 is 130. The van der Waals surface area contributed by atoms with E-state index in [0.29, 0.717) is 51.4 Å². The molecule has 3 unspecified atom stereocenters. The van der Waals surface area contributed by atoms with Gasteiger partial charge in [0.2, 0.25) is 12.0 Å². The summed E-state index contributed by atoms with van der Waals surface area (Å²) in [6.45, 7) is 8.65. The van der Waals surface area contributed by atoms with Crippen molar-refractivity contribution in [3.8, 4) is 0 Å². The summed E-state index contributed by atoms with van der Waals surface area (Å²) in [6.07, 6.45) is -6.46. The smallest absolute Gasteiger partial charge is 0.449 e. The molecule has 0 aromatic carbocycles. The van der Waals surface area contributed by atoms with Gasteiger partial charge in [-0.3, -0.25) is 0 Å². The average molecular weight is 773 g/mol. The Morgan fingerprint density at radius 2 is 1.46 bits per heavy atom. The second-order valence-corrected chi connectivity index (χ2v) is 18.5. The van der Waals surface area contributed by atoms with Gasteiger partial charge in [-0.25, -0.2) is 0 Å². The minimum atomic E-state index is -4.83. The van der Waals surface area contributed by atoms with Gasteiger partial charge in [-0.1, -0.05) is 20.8 Å². The van der Waals surface area contributed by atoms with Gasteiger partial charge in [-0.05, 0) is 102 Å². The van der Waals surface area contributed by atoms with E-state index < -0.39 is 83.2 Å². The first-order valence-electron chi connectivity index (χ1n) is 19.2. The maximum Gasteiger partial charge on any atom is 0.449 e. The highest BCUT2D eigenvalue weighted by atomic mass is 31.0. The summed E-state index contributed by atoms with van der Waals surface area (Å²) in [7, 11) is 2.54. The Balaban J connectivity index is 0.977. The highest BCUT2D eigenvalue weighted by molar-refractivity contribution is 7.18. The van der Waals surface area contributed by atoms with Crippen LogP contribution in [0, 0.1) is 41.4 Å². The van der Waals surface area contributed by atoms with E-state index in [9.17, 15) is 18.3 Å². The predicted molar refractivity (Wildman–Crippen MR) is 178 cm³/mol. The van der Waals surface area contributed by atoms with E-state index in [2.05, 4.69) is 16.2 Å². The van der Waals surface area contributed by atoms with Crippen molar-refractivity contribution in [2.45, 2.75) is 158 Å². The van der Waals surface area contributed by atoms with Crippen LogP contribution < -0.4 is 0 Å². The van der Waals surface area contributed by atoms with Gasteiger partial charge in [0, 0.05) is 36.4 Å². The number of rotatable bonds is 9. The van der Waals surface area contributed by atoms with Crippen molar-refractivity contribution in [1.29, 1.82) is 0 Å². The summed E-state index contributed by atoms with van der Waals surface area (Å²) in [5, 5.41) is 11.3. The summed E-state index contributed by atoms with van der Waals surface area (Å²) in [4.78, 5) is 0. The van der Waals surface area contributed by atoms with Gasteiger partial charge >= 0.3 is 12.4 Å². The number of unbranched alkanes of at least 4 members (excludes halogenated alkanes) is 2. The van der Waals surface area contributed by atoms with E-state index >= 15 is 13.2 Å². The molecule has 5 aliphatic heterocycles. The van der Waals surface area contributed by atoms with Crippen LogP contribution in [0.1, 0.15) is 105 Å². The first kappa shape index (κ1) is 39.5. The Hall–Kier alpha value is -0.730. The zero-order valence-corrected chi connectivity index (χ0v) is 31.9. The Labute approximate surface area is 304 Å². The summed E-state index contributed by atoms with van der Waals surface area (Å²) >= 11 is 0. The Kier molecular flexibility index (Phi) is 10.2. The van der Waals surface area contributed by atoms with E-state index in [-0.39, 0.29) is 48.9 Å². The lowest BCUT2D eigenvalue weighted by atomic mass is 9.56. The first-order valence-corrected chi connectivity index (χ1v) is 19.8. The second kappa shape index (κ2) is 13.4. The van der Waals surface area contributed by atoms with Gasteiger partial charge in [0.05, 0.1) is 18.6 Å². The molecule has 2 bridgehead atoms. The van der Waals surface area contributed by atoms with Crippen LogP contribution in [0.25, 0.3) is 0 Å². The lowest BCUT2D eigenvalue weighted by molar-refractivity contribution is -0.465. The number of ether oxygens (including phenoxy) is 7. The van der Waals surface area contributed by atoms with Gasteiger partial charge in [-0.15, -0.1) is 9.24 Å². The zero-order chi connectivity index (χ0) is 37.7. The molecule has 0 radical (unpaired) electrons. The van der Waals surface area contributed by atoms with Crippen LogP contribution in [0.2, 0.25) is 0 Å². The number of hydrogen-bond donors (Lipinski definition) is 1. The molecular weight excluding hydrogens is 717 g/mol. The van der Waals surface area contributed by atoms with Crippen LogP contribution in [-0.4, -0.2) is 78.0 Å². The van der Waals surface area contributed by atoms with Gasteiger partial charge in [0.15, 0.2) is 12.1 Å². The van der Waals surface area contributed by atoms with Crippen LogP contribution >= 0.6 is 9.24 Å². The fourth-order valence-electron chi connectivity index (χ4n) is 11.2. The average Bonchev–Trinajstić information content (AvgIpc) is 3.18. The summed E-state index contributed by atoms with van der Waals surface area (Å²) in [6, 6.07) is 0. The summed E-state index contributed by atoms with van der Waals surface area (Å²) in [5.74, 6) is -7.35. The first-order chi connectivity index (χ1) is 24.2. The van der Waals surface area contributed by atoms with Crippen LogP contribution in [0.3, 0.4) is 0 Å². The molecule has 0 aromatic heterocycles. The minimum absolute atomic E-state index is 0.0304. The molecule has 2 saturated carbocycles. The standard InChI is InChI=1S/C37H55F6O8P/c1-20-10-12-27-23(28(36(38,39)40)47-29-33(27,44)24(20)14-16-32(5,52)49-29)19-45-17-7-6-8-18-46-35(37(41,42)43)22(3)26-11-9-21(2)25-13-15-31(4)48-30(50-35)34(25,26)51-31/h20-22,24-27,29-30,44H,6-19,52H2,1-5H3/t20-,21-,22-,24+,25+,26+,27+,29?,30+,31+,32?,33-,34-,35-/m1/s1. The second-order valence-electron chi connectivity index (χ2n) is 17.3. The molecule has 5 heterocycles. The number of fused-ring (bicyclic) bond motifs is 1. The Morgan fingerprint density at radius 3 is 2.17 bits per heavy atom. The van der Waals surface area contributed by atoms with E-state index in [1.807, 2.05) is 6.92 Å². The number of allylic oxidation sites excluding steroid dienone is 1. The molecule has 52 heavy (non-hydrogen) atoms. The van der Waals surface area contributed by atoms with Crippen LogP contribution in [0.4, 0.5) is 26.3 Å². The Bertz CT molecular complexity index is 1380. The largest absolute Gasteiger partial charge is 0.456 e. The zero-order valence-electron chi connectivity index (χ0n) is 30.7. The predicted octanol–water partition coefficient (Wildman–Crippen LogP) is 8.37. The molecule has 7 rings (SSSR count). The van der Waals surface area contributed by atoms with Crippen LogP contribution in [-0.2, 0) is 33.2 Å². The lowest BCUT2D eigenvalue weighted by Crippen LogP contribution is -2.72. The van der Waals surface area contributed by atoms with Crippen molar-refractivity contribution in [3.05, 3.63) is 11.3 Å². The maximum atomic E-state index is 15.0. The van der Waals surface area contributed by atoms with Crippen LogP contribution in [0.15, 0.2) is 11.3 Å². The third kappa shape index (κ3) is 6.27. The molecule has 2 aliphatic carbocycles. The molecule has 15 atom stereocenters. The van der Waals surface area contributed by atoms with Crippen molar-refractivity contribution in [2.24, 2.45) is 41.4 Å². The van der Waals surface area contributed by atoms with Gasteiger partial charge < -0.3 is 38.3 Å². The van der Waals surface area contributed by atoms with Crippen molar-refractivity contribution in [3.63, 3.8) is 0 Å². The molecule has 0 amide bonds. The SMILES string of the molecule is C[C@@H]1CC[C@H]2C(COCCCCCO[C@@]3(C(F)(F)F)O[C@@H]4O[C@]5(C)CC[C@H]6[C@H](C)CC[C@@H]([C@H]3C)[C@@]46O5)=C(C(F)(F)F)OC3OC(C)(P)CC[C@@H]1[C@]32O. The monoisotopic (exact) mass is 772 g/mol. The van der Waals surface area contributed by atoms with Gasteiger partial charge in [0.25, 0.3) is 5.79 Å². The minimum Gasteiger partial charge on any atom is -0.456 e. The molecule has 8 nitrogen and oxygen atoms in total. The molecule has 7 aliphatic rings. The molecular formula is C37H55F6O8P. The van der Waals surface area contributed by atoms with Gasteiger partial charge in [-0.2, -0.15) is 26.3 Å². The Morgan fingerprint density at radius 1 is 0.788 bits per heavy atom. The molecule has 1 N–H and O–H groups in total. The molecule has 6 fully saturated rings. The topological polar surface area (TPSA) is 84.8 Å². The molecule has 15 heteroatoms. The highest BCUT2D eigenvalue weighted by Crippen LogP contribution is 2.67. The van der Waals surface area contributed by atoms with Crippen molar-refractivity contribution in [2.75, 3.05) is 19.8 Å². The molecule has 1 spiro atoms. The highest BCUT2D eigenvalue weighted by Gasteiger charge is 2.78. The summed E-state index contributed by atoms with van der Waals surface area (Å²) in [5.41, 5.74) is -2.71. The maximum absolute atomic E-state index is 15.0. The van der Waals surface area contributed by atoms with Crippen LogP contribution in [0.5, 0.6) is 0 Å². The quantitative estimate of drug-likeness (QED) is 0.142. The number of halogens is 6. The van der Waals surface area contributed by atoms with Crippen molar-refractivity contribution >= 4 is 9.24 Å². The molecule has 298 valence electrons. The van der Waals surface area contributed by atoms with Gasteiger partial charge in [0.1, 0.15) is 11.2 Å². The number of alkyl halides is 6. The fraction of sp³-hybridized carbons (Fsp3) is 0.946. The van der Waals surface area contributed by atoms with Crippen molar-refractivity contribution < 1.29 is 64.6 Å². The van der Waals surface area contributed by atoms with E-state index in [1.165, 1.54) is 0 Å². The van der Waals surface area contributed by atoms with Crippen molar-refractivity contribution in [1.82, 2.24) is 0 Å². The third-order valence-corrected chi connectivity index (χ3v) is 14.3. The molecule has 0 aromatic rings. The van der Waals surface area contributed by atoms with E-state index in [4.69, 9.17) is 33.2 Å². The number of hydrogen-bond acceptors (Lipinski definition) is 8. The third-order valence-electron chi connectivity index (χ3n) is 13.8. The van der Waals surface area contributed by atoms with E-state index in [1.54, 1.807) is 20.8 Å².